The number of rotatable bonds is 8. The normalized spacial score (nSPS) is 20.3. The summed E-state index contributed by atoms with van der Waals surface area (Å²) in [6.45, 7) is 9.68. The SMILES string of the molecule is CCCCC1=Cc2ccccc2C1C(C)(C)C1C(CCCC)=Cc2ccccc21. The second kappa shape index (κ2) is 8.34. The third-order valence-corrected chi connectivity index (χ3v) is 7.16. The maximum atomic E-state index is 2.53. The molecule has 29 heavy (non-hydrogen) atoms. The minimum absolute atomic E-state index is 0.151. The van der Waals surface area contributed by atoms with E-state index in [4.69, 9.17) is 0 Å². The van der Waals surface area contributed by atoms with Crippen molar-refractivity contribution in [2.24, 2.45) is 5.41 Å². The summed E-state index contributed by atoms with van der Waals surface area (Å²) in [5, 5.41) is 0. The van der Waals surface area contributed by atoms with E-state index >= 15 is 0 Å². The molecule has 0 heteroatoms. The van der Waals surface area contributed by atoms with Crippen LogP contribution in [-0.2, 0) is 0 Å². The maximum absolute atomic E-state index is 2.53. The quantitative estimate of drug-likeness (QED) is 0.426. The van der Waals surface area contributed by atoms with E-state index in [0.29, 0.717) is 11.8 Å². The van der Waals surface area contributed by atoms with Gasteiger partial charge in [0.2, 0.25) is 0 Å². The molecule has 4 rings (SSSR count). The van der Waals surface area contributed by atoms with Gasteiger partial charge in [-0.3, -0.25) is 0 Å². The molecule has 0 N–H and O–H groups in total. The number of hydrogen-bond donors (Lipinski definition) is 0. The molecule has 0 fully saturated rings. The zero-order chi connectivity index (χ0) is 20.4. The summed E-state index contributed by atoms with van der Waals surface area (Å²) in [6, 6.07) is 18.2. The standard InChI is InChI=1S/C29H36/c1-5-7-13-23-19-21-15-9-11-17-25(21)27(23)29(3,4)28-24(14-8-6-2)20-22-16-10-12-18-26(22)28/h9-12,15-20,27-28H,5-8,13-14H2,1-4H3. The Kier molecular flexibility index (Phi) is 5.81. The fraction of sp³-hybridized carbons (Fsp3) is 0.448. The molecule has 2 unspecified atom stereocenters. The summed E-state index contributed by atoms with van der Waals surface area (Å²) >= 11 is 0. The average molecular weight is 385 g/mol. The fourth-order valence-electron chi connectivity index (χ4n) is 5.89. The lowest BCUT2D eigenvalue weighted by molar-refractivity contribution is 0.267. The molecule has 0 radical (unpaired) electrons. The van der Waals surface area contributed by atoms with Crippen LogP contribution in [0.25, 0.3) is 12.2 Å². The Morgan fingerprint density at radius 3 is 1.48 bits per heavy atom. The van der Waals surface area contributed by atoms with Gasteiger partial charge in [-0.1, -0.05) is 112 Å². The van der Waals surface area contributed by atoms with Gasteiger partial charge in [0.25, 0.3) is 0 Å². The fourth-order valence-corrected chi connectivity index (χ4v) is 5.89. The highest BCUT2D eigenvalue weighted by atomic mass is 14.5. The van der Waals surface area contributed by atoms with E-state index in [1.807, 2.05) is 0 Å². The van der Waals surface area contributed by atoms with Crippen LogP contribution in [0.1, 0.15) is 100 Å². The predicted octanol–water partition coefficient (Wildman–Crippen LogP) is 8.75. The smallest absolute Gasteiger partial charge is 0.0118 e. The van der Waals surface area contributed by atoms with Gasteiger partial charge >= 0.3 is 0 Å². The van der Waals surface area contributed by atoms with E-state index in [-0.39, 0.29) is 5.41 Å². The molecule has 2 aliphatic carbocycles. The molecule has 0 aromatic heterocycles. The van der Waals surface area contributed by atoms with Crippen molar-refractivity contribution in [1.82, 2.24) is 0 Å². The lowest BCUT2D eigenvalue weighted by Crippen LogP contribution is -2.30. The van der Waals surface area contributed by atoms with Crippen LogP contribution < -0.4 is 0 Å². The van der Waals surface area contributed by atoms with Crippen LogP contribution >= 0.6 is 0 Å². The first-order valence-electron chi connectivity index (χ1n) is 11.7. The minimum atomic E-state index is 0.151. The third kappa shape index (κ3) is 3.63. The van der Waals surface area contributed by atoms with E-state index in [9.17, 15) is 0 Å². The van der Waals surface area contributed by atoms with Gasteiger partial charge < -0.3 is 0 Å². The van der Waals surface area contributed by atoms with Crippen LogP contribution in [0.3, 0.4) is 0 Å². The van der Waals surface area contributed by atoms with Gasteiger partial charge in [-0.25, -0.2) is 0 Å². The maximum Gasteiger partial charge on any atom is 0.0118 e. The number of unbranched alkanes of at least 4 members (excludes halogenated alkanes) is 2. The first-order valence-corrected chi connectivity index (χ1v) is 11.7. The van der Waals surface area contributed by atoms with Crippen molar-refractivity contribution in [2.75, 3.05) is 0 Å². The first-order chi connectivity index (χ1) is 14.1. The van der Waals surface area contributed by atoms with E-state index < -0.39 is 0 Å². The summed E-state index contributed by atoms with van der Waals surface area (Å²) in [5.74, 6) is 1.01. The molecule has 0 saturated heterocycles. The Bertz CT molecular complexity index is 849. The van der Waals surface area contributed by atoms with Gasteiger partial charge in [0.05, 0.1) is 0 Å². The van der Waals surface area contributed by atoms with Gasteiger partial charge in [-0.2, -0.15) is 0 Å². The summed E-state index contributed by atoms with van der Waals surface area (Å²) in [7, 11) is 0. The topological polar surface area (TPSA) is 0 Å². The molecule has 2 atom stereocenters. The van der Waals surface area contributed by atoms with E-state index in [1.54, 1.807) is 22.3 Å². The predicted molar refractivity (Wildman–Crippen MR) is 127 cm³/mol. The molecule has 0 bridgehead atoms. The number of benzene rings is 2. The molecule has 0 amide bonds. The molecular weight excluding hydrogens is 348 g/mol. The Labute approximate surface area is 177 Å². The van der Waals surface area contributed by atoms with Gasteiger partial charge in [-0.15, -0.1) is 0 Å². The monoisotopic (exact) mass is 384 g/mol. The minimum Gasteiger partial charge on any atom is -0.0654 e. The third-order valence-electron chi connectivity index (χ3n) is 7.16. The number of hydrogen-bond acceptors (Lipinski definition) is 0. The summed E-state index contributed by atoms with van der Waals surface area (Å²) < 4.78 is 0. The summed E-state index contributed by atoms with van der Waals surface area (Å²) in [6.07, 6.45) is 12.5. The molecule has 0 spiro atoms. The molecule has 2 aromatic carbocycles. The second-order valence-electron chi connectivity index (χ2n) is 9.59. The largest absolute Gasteiger partial charge is 0.0654 e. The van der Waals surface area contributed by atoms with Crippen LogP contribution in [0.15, 0.2) is 59.7 Å². The summed E-state index contributed by atoms with van der Waals surface area (Å²) in [5.41, 5.74) is 9.43. The van der Waals surface area contributed by atoms with Crippen LogP contribution in [0.5, 0.6) is 0 Å². The second-order valence-corrected chi connectivity index (χ2v) is 9.59. The van der Waals surface area contributed by atoms with E-state index in [1.165, 1.54) is 49.7 Å². The van der Waals surface area contributed by atoms with Crippen LogP contribution in [0.2, 0.25) is 0 Å². The highest BCUT2D eigenvalue weighted by Gasteiger charge is 2.46. The Hall–Kier alpha value is -2.08. The average Bonchev–Trinajstić information content (AvgIpc) is 3.29. The molecular formula is C29H36. The Morgan fingerprint density at radius 1 is 0.655 bits per heavy atom. The van der Waals surface area contributed by atoms with Gasteiger partial charge in [0, 0.05) is 11.8 Å². The first kappa shape index (κ1) is 20.2. The van der Waals surface area contributed by atoms with Crippen molar-refractivity contribution in [2.45, 2.75) is 78.1 Å². The highest BCUT2D eigenvalue weighted by Crippen LogP contribution is 2.59. The number of allylic oxidation sites excluding steroid dienone is 2. The molecule has 2 aromatic rings. The van der Waals surface area contributed by atoms with Crippen molar-refractivity contribution in [3.63, 3.8) is 0 Å². The Balaban J connectivity index is 1.77. The van der Waals surface area contributed by atoms with Gasteiger partial charge in [0.1, 0.15) is 0 Å². The highest BCUT2D eigenvalue weighted by molar-refractivity contribution is 5.70. The van der Waals surface area contributed by atoms with Gasteiger partial charge in [-0.05, 0) is 53.4 Å². The van der Waals surface area contributed by atoms with E-state index in [2.05, 4.69) is 88.4 Å². The van der Waals surface area contributed by atoms with Crippen molar-refractivity contribution in [3.8, 4) is 0 Å². The molecule has 0 heterocycles. The van der Waals surface area contributed by atoms with Crippen molar-refractivity contribution in [1.29, 1.82) is 0 Å². The zero-order valence-corrected chi connectivity index (χ0v) is 18.7. The van der Waals surface area contributed by atoms with Crippen LogP contribution in [-0.4, -0.2) is 0 Å². The zero-order valence-electron chi connectivity index (χ0n) is 18.7. The lowest BCUT2D eigenvalue weighted by Gasteiger charge is -2.42. The molecule has 0 nitrogen and oxygen atoms in total. The van der Waals surface area contributed by atoms with Crippen molar-refractivity contribution < 1.29 is 0 Å². The lowest BCUT2D eigenvalue weighted by atomic mass is 9.61. The van der Waals surface area contributed by atoms with Gasteiger partial charge in [0.15, 0.2) is 0 Å². The Morgan fingerprint density at radius 2 is 1.07 bits per heavy atom. The molecule has 2 aliphatic rings. The van der Waals surface area contributed by atoms with Crippen molar-refractivity contribution >= 4 is 12.2 Å². The van der Waals surface area contributed by atoms with Crippen molar-refractivity contribution in [3.05, 3.63) is 81.9 Å². The summed E-state index contributed by atoms with van der Waals surface area (Å²) in [4.78, 5) is 0. The van der Waals surface area contributed by atoms with Crippen LogP contribution in [0.4, 0.5) is 0 Å². The molecule has 0 aliphatic heterocycles. The van der Waals surface area contributed by atoms with E-state index in [0.717, 1.165) is 0 Å². The molecule has 0 saturated carbocycles. The number of fused-ring (bicyclic) bond motifs is 2. The molecule has 152 valence electrons. The van der Waals surface area contributed by atoms with Crippen LogP contribution in [0, 0.1) is 5.41 Å².